The third-order valence-electron chi connectivity index (χ3n) is 3.68. The second kappa shape index (κ2) is 8.08. The minimum atomic E-state index is -0.0210. The van der Waals surface area contributed by atoms with E-state index >= 15 is 0 Å². The second-order valence-electron chi connectivity index (χ2n) is 5.25. The average Bonchev–Trinajstić information content (AvgIpc) is 2.57. The standard InChI is InChI=1S/C19H15ClN2O.BrH/c20-16-10-8-14(9-11-16)19(23)17-6-2-1-5-15(17)13-22-12-4-3-7-18(22)21;/h1-12,21H,13H2;1H. The van der Waals surface area contributed by atoms with Gasteiger partial charge in [-0.3, -0.25) is 10.5 Å². The molecule has 3 nitrogen and oxygen atoms in total. The molecule has 0 saturated carbocycles. The highest BCUT2D eigenvalue weighted by Gasteiger charge is 2.15. The van der Waals surface area contributed by atoms with Crippen LogP contribution >= 0.6 is 11.6 Å². The summed E-state index contributed by atoms with van der Waals surface area (Å²) in [5, 5.41) is 0.613. The van der Waals surface area contributed by atoms with E-state index in [0.717, 1.165) is 5.56 Å². The van der Waals surface area contributed by atoms with Gasteiger partial charge in [-0.1, -0.05) is 41.9 Å². The first-order valence-corrected chi connectivity index (χ1v) is 7.65. The molecule has 122 valence electrons. The van der Waals surface area contributed by atoms with Crippen molar-refractivity contribution in [2.45, 2.75) is 6.54 Å². The Balaban J connectivity index is 0.00000208. The molecule has 3 rings (SSSR count). The number of hydrogen-bond acceptors (Lipinski definition) is 2. The van der Waals surface area contributed by atoms with Crippen LogP contribution in [0.15, 0.2) is 72.9 Å². The van der Waals surface area contributed by atoms with Gasteiger partial charge < -0.3 is 17.0 Å². The highest BCUT2D eigenvalue weighted by Crippen LogP contribution is 2.17. The van der Waals surface area contributed by atoms with Crippen LogP contribution in [-0.2, 0) is 6.54 Å². The van der Waals surface area contributed by atoms with Crippen molar-refractivity contribution < 1.29 is 26.3 Å². The molecule has 0 aliphatic rings. The van der Waals surface area contributed by atoms with Crippen LogP contribution in [0.4, 0.5) is 5.82 Å². The van der Waals surface area contributed by atoms with Crippen molar-refractivity contribution in [3.63, 3.8) is 0 Å². The third-order valence-corrected chi connectivity index (χ3v) is 3.94. The Kier molecular flexibility index (Phi) is 6.12. The maximum Gasteiger partial charge on any atom is 0.272 e. The van der Waals surface area contributed by atoms with Gasteiger partial charge in [0, 0.05) is 27.8 Å². The molecular formula is C19H16BrClN2O. The molecular weight excluding hydrogens is 388 g/mol. The SMILES string of the molecule is Nc1cccc[n+]1Cc1ccccc1C(=O)c1ccc(Cl)cc1.[Br-]. The van der Waals surface area contributed by atoms with E-state index in [-0.39, 0.29) is 22.8 Å². The van der Waals surface area contributed by atoms with Gasteiger partial charge in [-0.15, -0.1) is 0 Å². The molecule has 1 heterocycles. The van der Waals surface area contributed by atoms with E-state index in [1.165, 1.54) is 0 Å². The van der Waals surface area contributed by atoms with Crippen LogP contribution in [0, 0.1) is 0 Å². The number of rotatable bonds is 4. The molecule has 1 aromatic heterocycles. The normalized spacial score (nSPS) is 10.0. The fraction of sp³-hybridized carbons (Fsp3) is 0.0526. The molecule has 0 atom stereocenters. The number of halogens is 2. The molecule has 3 aromatic rings. The van der Waals surface area contributed by atoms with Gasteiger partial charge in [-0.25, -0.2) is 4.57 Å². The number of nitrogens with two attached hydrogens (primary N) is 1. The molecule has 2 aromatic carbocycles. The van der Waals surface area contributed by atoms with E-state index in [1.807, 2.05) is 53.2 Å². The molecule has 5 heteroatoms. The van der Waals surface area contributed by atoms with Gasteiger partial charge in [-0.2, -0.15) is 0 Å². The van der Waals surface area contributed by atoms with E-state index in [1.54, 1.807) is 24.3 Å². The van der Waals surface area contributed by atoms with E-state index in [9.17, 15) is 4.79 Å². The summed E-state index contributed by atoms with van der Waals surface area (Å²) in [5.41, 5.74) is 8.20. The van der Waals surface area contributed by atoms with Crippen LogP contribution in [0.5, 0.6) is 0 Å². The van der Waals surface area contributed by atoms with E-state index < -0.39 is 0 Å². The molecule has 0 radical (unpaired) electrons. The highest BCUT2D eigenvalue weighted by atomic mass is 79.9. The summed E-state index contributed by atoms with van der Waals surface area (Å²) in [5.74, 6) is 0.633. The Labute approximate surface area is 156 Å². The first-order valence-electron chi connectivity index (χ1n) is 7.27. The number of ketones is 1. The van der Waals surface area contributed by atoms with Crippen LogP contribution in [0.1, 0.15) is 21.5 Å². The largest absolute Gasteiger partial charge is 1.00 e. The summed E-state index contributed by atoms with van der Waals surface area (Å²) >= 11 is 5.89. The number of nitrogen functional groups attached to an aromatic ring is 1. The van der Waals surface area contributed by atoms with Crippen LogP contribution in [0.25, 0.3) is 0 Å². The van der Waals surface area contributed by atoms with Crippen molar-refractivity contribution in [1.29, 1.82) is 0 Å². The summed E-state index contributed by atoms with van der Waals surface area (Å²) in [6, 6.07) is 20.1. The Bertz CT molecular complexity index is 850. The van der Waals surface area contributed by atoms with Gasteiger partial charge in [0.15, 0.2) is 5.78 Å². The lowest BCUT2D eigenvalue weighted by molar-refractivity contribution is -0.674. The lowest BCUT2D eigenvalue weighted by Gasteiger charge is -2.09. The van der Waals surface area contributed by atoms with Crippen molar-refractivity contribution in [3.8, 4) is 0 Å². The van der Waals surface area contributed by atoms with E-state index in [4.69, 9.17) is 17.3 Å². The number of anilines is 1. The summed E-state index contributed by atoms with van der Waals surface area (Å²) in [6.07, 6.45) is 1.90. The minimum absolute atomic E-state index is 0. The number of carbonyl (C=O) groups is 1. The monoisotopic (exact) mass is 402 g/mol. The van der Waals surface area contributed by atoms with Gasteiger partial charge >= 0.3 is 0 Å². The van der Waals surface area contributed by atoms with Gasteiger partial charge in [-0.05, 0) is 30.3 Å². The zero-order valence-corrected chi connectivity index (χ0v) is 15.2. The van der Waals surface area contributed by atoms with Gasteiger partial charge in [0.05, 0.1) is 6.20 Å². The summed E-state index contributed by atoms with van der Waals surface area (Å²) in [7, 11) is 0. The lowest BCUT2D eigenvalue weighted by atomic mass is 9.98. The molecule has 0 fully saturated rings. The molecule has 0 unspecified atom stereocenters. The third kappa shape index (κ3) is 4.02. The molecule has 2 N–H and O–H groups in total. The second-order valence-corrected chi connectivity index (χ2v) is 5.68. The highest BCUT2D eigenvalue weighted by molar-refractivity contribution is 6.30. The fourth-order valence-electron chi connectivity index (χ4n) is 2.45. The molecule has 0 aliphatic carbocycles. The van der Waals surface area contributed by atoms with Crippen molar-refractivity contribution in [2.75, 3.05) is 5.73 Å². The Morgan fingerprint density at radius 2 is 1.62 bits per heavy atom. The van der Waals surface area contributed by atoms with Gasteiger partial charge in [0.1, 0.15) is 6.54 Å². The summed E-state index contributed by atoms with van der Waals surface area (Å²) < 4.78 is 1.91. The van der Waals surface area contributed by atoms with E-state index in [0.29, 0.717) is 28.5 Å². The van der Waals surface area contributed by atoms with Crippen molar-refractivity contribution in [1.82, 2.24) is 0 Å². The number of nitrogens with zero attached hydrogens (tertiary/aromatic N) is 1. The molecule has 0 spiro atoms. The van der Waals surface area contributed by atoms with Crippen molar-refractivity contribution in [2.24, 2.45) is 0 Å². The van der Waals surface area contributed by atoms with Gasteiger partial charge in [0.25, 0.3) is 5.82 Å². The van der Waals surface area contributed by atoms with Gasteiger partial charge in [0.2, 0.25) is 0 Å². The molecule has 24 heavy (non-hydrogen) atoms. The molecule has 0 amide bonds. The van der Waals surface area contributed by atoms with E-state index in [2.05, 4.69) is 0 Å². The molecule has 0 bridgehead atoms. The quantitative estimate of drug-likeness (QED) is 0.509. The Morgan fingerprint density at radius 3 is 2.33 bits per heavy atom. The smallest absolute Gasteiger partial charge is 0.272 e. The average molecular weight is 404 g/mol. The number of benzene rings is 2. The predicted octanol–water partition coefficient (Wildman–Crippen LogP) is 0.493. The topological polar surface area (TPSA) is 47.0 Å². The zero-order chi connectivity index (χ0) is 16.2. The predicted molar refractivity (Wildman–Crippen MR) is 91.5 cm³/mol. The number of carbonyl (C=O) groups excluding carboxylic acids is 1. The van der Waals surface area contributed by atoms with Crippen LogP contribution in [0.3, 0.4) is 0 Å². The first-order chi connectivity index (χ1) is 11.1. The number of pyridine rings is 1. The number of hydrogen-bond donors (Lipinski definition) is 1. The Morgan fingerprint density at radius 1 is 0.958 bits per heavy atom. The summed E-state index contributed by atoms with van der Waals surface area (Å²) in [4.78, 5) is 12.8. The van der Waals surface area contributed by atoms with Crippen LogP contribution in [-0.4, -0.2) is 5.78 Å². The van der Waals surface area contributed by atoms with Crippen molar-refractivity contribution in [3.05, 3.63) is 94.6 Å². The minimum Gasteiger partial charge on any atom is -1.00 e. The maximum absolute atomic E-state index is 12.8. The first kappa shape index (κ1) is 18.2. The summed E-state index contributed by atoms with van der Waals surface area (Å²) in [6.45, 7) is 0.544. The fourth-order valence-corrected chi connectivity index (χ4v) is 2.58. The maximum atomic E-state index is 12.8. The lowest BCUT2D eigenvalue weighted by Crippen LogP contribution is -3.00. The Hall–Kier alpha value is -2.17. The molecule has 0 aliphatic heterocycles. The number of aromatic nitrogens is 1. The molecule has 0 saturated heterocycles. The van der Waals surface area contributed by atoms with Crippen LogP contribution < -0.4 is 27.3 Å². The zero-order valence-electron chi connectivity index (χ0n) is 12.8. The van der Waals surface area contributed by atoms with Crippen LogP contribution in [0.2, 0.25) is 5.02 Å². The van der Waals surface area contributed by atoms with Crippen molar-refractivity contribution >= 4 is 23.2 Å².